The molecule has 1 aromatic rings. The maximum Gasteiger partial charge on any atom is 0.281 e. The number of primary amides is 1. The molecule has 0 atom stereocenters. The SMILES string of the molecule is COc1cc(C)ccc1OCC(=O)NOCC(N)=O. The van der Waals surface area contributed by atoms with E-state index in [1.807, 2.05) is 18.5 Å². The topological polar surface area (TPSA) is 99.9 Å². The Hall–Kier alpha value is -2.28. The molecule has 0 bridgehead atoms. The van der Waals surface area contributed by atoms with Crippen molar-refractivity contribution in [1.29, 1.82) is 0 Å². The second-order valence-corrected chi connectivity index (χ2v) is 3.72. The van der Waals surface area contributed by atoms with E-state index in [0.29, 0.717) is 11.5 Å². The van der Waals surface area contributed by atoms with Gasteiger partial charge in [-0.2, -0.15) is 0 Å². The first kappa shape index (κ1) is 14.8. The highest BCUT2D eigenvalue weighted by Crippen LogP contribution is 2.27. The highest BCUT2D eigenvalue weighted by atomic mass is 16.7. The van der Waals surface area contributed by atoms with E-state index in [4.69, 9.17) is 15.2 Å². The molecular weight excluding hydrogens is 252 g/mol. The fourth-order valence-electron chi connectivity index (χ4n) is 1.25. The predicted octanol–water partition coefficient (Wildman–Crippen LogP) is -0.0845. The number of nitrogens with two attached hydrogens (primary N) is 1. The third kappa shape index (κ3) is 5.26. The van der Waals surface area contributed by atoms with E-state index in [2.05, 4.69) is 4.84 Å². The summed E-state index contributed by atoms with van der Waals surface area (Å²) in [4.78, 5) is 26.2. The smallest absolute Gasteiger partial charge is 0.281 e. The third-order valence-electron chi connectivity index (χ3n) is 2.08. The minimum absolute atomic E-state index is 0.266. The Morgan fingerprint density at radius 1 is 1.26 bits per heavy atom. The standard InChI is InChI=1S/C12H16N2O5/c1-8-3-4-9(10(5-8)17-2)18-7-12(16)14-19-6-11(13)15/h3-5H,6-7H2,1-2H3,(H2,13,15)(H,14,16). The van der Waals surface area contributed by atoms with Crippen LogP contribution in [0.4, 0.5) is 0 Å². The molecule has 0 aliphatic rings. The van der Waals surface area contributed by atoms with Crippen LogP contribution in [0.3, 0.4) is 0 Å². The fraction of sp³-hybridized carbons (Fsp3) is 0.333. The average Bonchev–Trinajstić information content (AvgIpc) is 2.36. The van der Waals surface area contributed by atoms with Crippen LogP contribution in [0.25, 0.3) is 0 Å². The lowest BCUT2D eigenvalue weighted by molar-refractivity contribution is -0.139. The Bertz CT molecular complexity index is 461. The molecule has 0 fully saturated rings. The van der Waals surface area contributed by atoms with Crippen molar-refractivity contribution in [3.63, 3.8) is 0 Å². The fourth-order valence-corrected chi connectivity index (χ4v) is 1.25. The molecule has 7 heteroatoms. The Balaban J connectivity index is 2.43. The van der Waals surface area contributed by atoms with Crippen molar-refractivity contribution in [1.82, 2.24) is 5.48 Å². The Labute approximate surface area is 110 Å². The lowest BCUT2D eigenvalue weighted by Crippen LogP contribution is -2.32. The number of nitrogens with one attached hydrogen (secondary N) is 1. The summed E-state index contributed by atoms with van der Waals surface area (Å²) >= 11 is 0. The zero-order chi connectivity index (χ0) is 14.3. The molecule has 0 saturated heterocycles. The van der Waals surface area contributed by atoms with Gasteiger partial charge in [0.2, 0.25) is 5.91 Å². The first-order valence-electron chi connectivity index (χ1n) is 5.49. The number of hydrogen-bond acceptors (Lipinski definition) is 5. The van der Waals surface area contributed by atoms with Gasteiger partial charge in [-0.1, -0.05) is 6.07 Å². The first-order chi connectivity index (χ1) is 9.02. The van der Waals surface area contributed by atoms with Gasteiger partial charge in [0, 0.05) is 0 Å². The number of ether oxygens (including phenoxy) is 2. The maximum atomic E-state index is 11.3. The molecule has 104 valence electrons. The Kier molecular flexibility index (Phi) is 5.62. The van der Waals surface area contributed by atoms with Gasteiger partial charge in [-0.05, 0) is 24.6 Å². The largest absolute Gasteiger partial charge is 0.493 e. The van der Waals surface area contributed by atoms with Crippen molar-refractivity contribution in [2.75, 3.05) is 20.3 Å². The van der Waals surface area contributed by atoms with Crippen molar-refractivity contribution < 1.29 is 23.9 Å². The maximum absolute atomic E-state index is 11.3. The molecule has 0 unspecified atom stereocenters. The van der Waals surface area contributed by atoms with Crippen molar-refractivity contribution >= 4 is 11.8 Å². The molecule has 1 rings (SSSR count). The van der Waals surface area contributed by atoms with E-state index in [1.54, 1.807) is 12.1 Å². The average molecular weight is 268 g/mol. The van der Waals surface area contributed by atoms with E-state index in [9.17, 15) is 9.59 Å². The van der Waals surface area contributed by atoms with E-state index in [0.717, 1.165) is 5.56 Å². The van der Waals surface area contributed by atoms with Gasteiger partial charge in [0.25, 0.3) is 5.91 Å². The van der Waals surface area contributed by atoms with Crippen LogP contribution in [0, 0.1) is 6.92 Å². The van der Waals surface area contributed by atoms with Crippen molar-refractivity contribution in [2.45, 2.75) is 6.92 Å². The molecule has 0 radical (unpaired) electrons. The number of aryl methyl sites for hydroxylation is 1. The van der Waals surface area contributed by atoms with Crippen LogP contribution < -0.4 is 20.7 Å². The molecule has 0 heterocycles. The van der Waals surface area contributed by atoms with Crippen molar-refractivity contribution in [2.24, 2.45) is 5.73 Å². The summed E-state index contributed by atoms with van der Waals surface area (Å²) in [6.45, 7) is 1.26. The van der Waals surface area contributed by atoms with E-state index >= 15 is 0 Å². The Morgan fingerprint density at radius 2 is 2.00 bits per heavy atom. The second kappa shape index (κ2) is 7.22. The molecule has 3 N–H and O–H groups in total. The van der Waals surface area contributed by atoms with Gasteiger partial charge in [0.15, 0.2) is 24.7 Å². The van der Waals surface area contributed by atoms with E-state index < -0.39 is 11.8 Å². The van der Waals surface area contributed by atoms with Gasteiger partial charge in [-0.25, -0.2) is 5.48 Å². The quantitative estimate of drug-likeness (QED) is 0.673. The van der Waals surface area contributed by atoms with Gasteiger partial charge in [0.05, 0.1) is 7.11 Å². The summed E-state index contributed by atoms with van der Waals surface area (Å²) in [6, 6.07) is 5.32. The zero-order valence-corrected chi connectivity index (χ0v) is 10.8. The number of hydrogen-bond donors (Lipinski definition) is 2. The Morgan fingerprint density at radius 3 is 2.63 bits per heavy atom. The van der Waals surface area contributed by atoms with E-state index in [1.165, 1.54) is 7.11 Å². The summed E-state index contributed by atoms with van der Waals surface area (Å²) in [5, 5.41) is 0. The van der Waals surface area contributed by atoms with Crippen LogP contribution in [0.2, 0.25) is 0 Å². The summed E-state index contributed by atoms with van der Waals surface area (Å²) in [5.41, 5.74) is 7.87. The first-order valence-corrected chi connectivity index (χ1v) is 5.49. The molecule has 1 aromatic carbocycles. The molecule has 0 aliphatic carbocycles. The third-order valence-corrected chi connectivity index (χ3v) is 2.08. The zero-order valence-electron chi connectivity index (χ0n) is 10.8. The summed E-state index contributed by atoms with van der Waals surface area (Å²) in [7, 11) is 1.51. The molecule has 0 spiro atoms. The van der Waals surface area contributed by atoms with Gasteiger partial charge in [-0.3, -0.25) is 14.4 Å². The molecule has 0 aromatic heterocycles. The van der Waals surface area contributed by atoms with E-state index in [-0.39, 0.29) is 13.2 Å². The van der Waals surface area contributed by atoms with Crippen molar-refractivity contribution in [3.05, 3.63) is 23.8 Å². The lowest BCUT2D eigenvalue weighted by atomic mass is 10.2. The van der Waals surface area contributed by atoms with Crippen LogP contribution in [0.5, 0.6) is 11.5 Å². The van der Waals surface area contributed by atoms with Crippen LogP contribution >= 0.6 is 0 Å². The number of benzene rings is 1. The monoisotopic (exact) mass is 268 g/mol. The molecule has 2 amide bonds. The number of carbonyl (C=O) groups is 2. The summed E-state index contributed by atoms with van der Waals surface area (Å²) in [5.74, 6) is -0.241. The number of methoxy groups -OCH3 is 1. The lowest BCUT2D eigenvalue weighted by Gasteiger charge is -2.11. The molecule has 19 heavy (non-hydrogen) atoms. The summed E-state index contributed by atoms with van der Waals surface area (Å²) in [6.07, 6.45) is 0. The van der Waals surface area contributed by atoms with Gasteiger partial charge in [-0.15, -0.1) is 0 Å². The number of carbonyl (C=O) groups excluding carboxylic acids is 2. The predicted molar refractivity (Wildman–Crippen MR) is 66.5 cm³/mol. The number of hydroxylamine groups is 1. The van der Waals surface area contributed by atoms with Crippen molar-refractivity contribution in [3.8, 4) is 11.5 Å². The number of amides is 2. The van der Waals surface area contributed by atoms with Crippen LogP contribution in [-0.2, 0) is 14.4 Å². The summed E-state index contributed by atoms with van der Waals surface area (Å²) < 4.78 is 10.4. The van der Waals surface area contributed by atoms with Crippen LogP contribution in [0.1, 0.15) is 5.56 Å². The highest BCUT2D eigenvalue weighted by Gasteiger charge is 2.08. The molecule has 0 saturated carbocycles. The van der Waals surface area contributed by atoms with Gasteiger partial charge >= 0.3 is 0 Å². The number of rotatable bonds is 7. The molecule has 7 nitrogen and oxygen atoms in total. The second-order valence-electron chi connectivity index (χ2n) is 3.72. The van der Waals surface area contributed by atoms with Crippen LogP contribution in [-0.4, -0.2) is 32.1 Å². The van der Waals surface area contributed by atoms with Crippen LogP contribution in [0.15, 0.2) is 18.2 Å². The van der Waals surface area contributed by atoms with Gasteiger partial charge in [0.1, 0.15) is 0 Å². The normalized spacial score (nSPS) is 9.79. The highest BCUT2D eigenvalue weighted by molar-refractivity contribution is 5.77. The minimum atomic E-state index is -0.679. The minimum Gasteiger partial charge on any atom is -0.493 e. The molecular formula is C12H16N2O5. The molecule has 0 aliphatic heterocycles. The van der Waals surface area contributed by atoms with Gasteiger partial charge < -0.3 is 15.2 Å².